The molecule has 0 atom stereocenters. The van der Waals surface area contributed by atoms with Crippen molar-refractivity contribution >= 4 is 17.5 Å². The molecule has 0 unspecified atom stereocenters. The van der Waals surface area contributed by atoms with E-state index in [0.29, 0.717) is 5.95 Å². The van der Waals surface area contributed by atoms with Gasteiger partial charge in [-0.25, -0.2) is 18.7 Å². The van der Waals surface area contributed by atoms with Crippen molar-refractivity contribution in [2.45, 2.75) is 19.9 Å². The van der Waals surface area contributed by atoms with Crippen LogP contribution in [0, 0.1) is 11.6 Å². The van der Waals surface area contributed by atoms with E-state index in [0.717, 1.165) is 12.1 Å². The predicted octanol–water partition coefficient (Wildman–Crippen LogP) is 2.83. The van der Waals surface area contributed by atoms with Gasteiger partial charge in [-0.3, -0.25) is 4.79 Å². The van der Waals surface area contributed by atoms with Gasteiger partial charge in [0.25, 0.3) is 5.91 Å². The second-order valence-electron chi connectivity index (χ2n) is 4.65. The van der Waals surface area contributed by atoms with Crippen molar-refractivity contribution in [3.8, 4) is 0 Å². The highest BCUT2D eigenvalue weighted by Gasteiger charge is 2.11. The van der Waals surface area contributed by atoms with Crippen LogP contribution in [0.15, 0.2) is 30.5 Å². The van der Waals surface area contributed by atoms with Crippen LogP contribution in [0.25, 0.3) is 0 Å². The van der Waals surface area contributed by atoms with Crippen molar-refractivity contribution < 1.29 is 13.6 Å². The van der Waals surface area contributed by atoms with E-state index in [1.807, 2.05) is 13.8 Å². The summed E-state index contributed by atoms with van der Waals surface area (Å²) in [5.74, 6) is -2.21. The van der Waals surface area contributed by atoms with Crippen molar-refractivity contribution in [3.63, 3.8) is 0 Å². The molecule has 2 aromatic rings. The third-order valence-electron chi connectivity index (χ3n) is 2.48. The van der Waals surface area contributed by atoms with Gasteiger partial charge in [-0.1, -0.05) is 0 Å². The molecule has 0 aliphatic heterocycles. The van der Waals surface area contributed by atoms with Crippen molar-refractivity contribution in [2.75, 3.05) is 10.6 Å². The Morgan fingerprint density at radius 3 is 2.62 bits per heavy atom. The van der Waals surface area contributed by atoms with Crippen LogP contribution in [-0.4, -0.2) is 21.9 Å². The Morgan fingerprint density at radius 2 is 1.95 bits per heavy atom. The van der Waals surface area contributed by atoms with E-state index in [9.17, 15) is 13.6 Å². The quantitative estimate of drug-likeness (QED) is 0.909. The van der Waals surface area contributed by atoms with E-state index in [4.69, 9.17) is 0 Å². The number of carbonyl (C=O) groups excluding carboxylic acids is 1. The molecule has 0 aliphatic carbocycles. The summed E-state index contributed by atoms with van der Waals surface area (Å²) in [6.07, 6.45) is 1.44. The molecular formula is C14H14F2N4O. The maximum Gasteiger partial charge on any atom is 0.274 e. The third-order valence-corrected chi connectivity index (χ3v) is 2.48. The first-order chi connectivity index (χ1) is 9.95. The molecule has 0 radical (unpaired) electrons. The number of benzene rings is 1. The van der Waals surface area contributed by atoms with Gasteiger partial charge in [-0.05, 0) is 32.0 Å². The minimum absolute atomic E-state index is 0.120. The Bertz CT molecular complexity index is 661. The lowest BCUT2D eigenvalue weighted by Crippen LogP contribution is -2.17. The maximum atomic E-state index is 13.1. The van der Waals surface area contributed by atoms with Gasteiger partial charge in [0.2, 0.25) is 5.95 Å². The molecule has 0 spiro atoms. The molecule has 0 bridgehead atoms. The fourth-order valence-electron chi connectivity index (χ4n) is 1.58. The van der Waals surface area contributed by atoms with E-state index in [1.54, 1.807) is 0 Å². The largest absolute Gasteiger partial charge is 0.352 e. The summed E-state index contributed by atoms with van der Waals surface area (Å²) >= 11 is 0. The van der Waals surface area contributed by atoms with E-state index in [-0.39, 0.29) is 17.4 Å². The maximum absolute atomic E-state index is 13.1. The van der Waals surface area contributed by atoms with Crippen LogP contribution >= 0.6 is 0 Å². The highest BCUT2D eigenvalue weighted by atomic mass is 19.2. The summed E-state index contributed by atoms with van der Waals surface area (Å²) in [5, 5.41) is 5.41. The van der Waals surface area contributed by atoms with Gasteiger partial charge in [0, 0.05) is 24.0 Å². The molecule has 1 aromatic carbocycles. The van der Waals surface area contributed by atoms with Gasteiger partial charge in [0.1, 0.15) is 5.69 Å². The first kappa shape index (κ1) is 14.8. The summed E-state index contributed by atoms with van der Waals surface area (Å²) < 4.78 is 25.9. The molecule has 5 nitrogen and oxygen atoms in total. The monoisotopic (exact) mass is 292 g/mol. The Morgan fingerprint density at radius 1 is 1.19 bits per heavy atom. The second kappa shape index (κ2) is 6.25. The fourth-order valence-corrected chi connectivity index (χ4v) is 1.58. The smallest absolute Gasteiger partial charge is 0.274 e. The molecule has 0 saturated carbocycles. The number of amides is 1. The Kier molecular flexibility index (Phi) is 4.42. The number of nitrogens with zero attached hydrogens (tertiary/aromatic N) is 2. The van der Waals surface area contributed by atoms with E-state index < -0.39 is 17.5 Å². The molecule has 1 heterocycles. The number of halogens is 2. The van der Waals surface area contributed by atoms with Gasteiger partial charge in [0.05, 0.1) is 0 Å². The summed E-state index contributed by atoms with van der Waals surface area (Å²) in [6, 6.07) is 4.67. The lowest BCUT2D eigenvalue weighted by molar-refractivity contribution is 0.102. The Balaban J connectivity index is 2.14. The number of rotatable bonds is 4. The van der Waals surface area contributed by atoms with Gasteiger partial charge in [-0.2, -0.15) is 0 Å². The summed E-state index contributed by atoms with van der Waals surface area (Å²) in [4.78, 5) is 20.0. The normalized spacial score (nSPS) is 10.5. The minimum Gasteiger partial charge on any atom is -0.352 e. The summed E-state index contributed by atoms with van der Waals surface area (Å²) in [7, 11) is 0. The topological polar surface area (TPSA) is 66.9 Å². The zero-order chi connectivity index (χ0) is 15.4. The van der Waals surface area contributed by atoms with E-state index in [2.05, 4.69) is 20.6 Å². The molecule has 0 aliphatic rings. The number of nitrogens with one attached hydrogen (secondary N) is 2. The molecule has 2 N–H and O–H groups in total. The predicted molar refractivity (Wildman–Crippen MR) is 75.1 cm³/mol. The van der Waals surface area contributed by atoms with Gasteiger partial charge in [-0.15, -0.1) is 0 Å². The van der Waals surface area contributed by atoms with Crippen molar-refractivity contribution in [3.05, 3.63) is 47.8 Å². The first-order valence-electron chi connectivity index (χ1n) is 6.31. The van der Waals surface area contributed by atoms with Gasteiger partial charge < -0.3 is 10.6 Å². The molecule has 2 rings (SSSR count). The average Bonchev–Trinajstić information content (AvgIpc) is 2.42. The van der Waals surface area contributed by atoms with E-state index in [1.165, 1.54) is 18.3 Å². The Labute approximate surface area is 120 Å². The fraction of sp³-hybridized carbons (Fsp3) is 0.214. The third kappa shape index (κ3) is 3.95. The summed E-state index contributed by atoms with van der Waals surface area (Å²) in [5.41, 5.74) is 0.272. The average molecular weight is 292 g/mol. The SMILES string of the molecule is CC(C)Nc1nccc(C(=O)Nc2ccc(F)c(F)c2)n1. The molecular weight excluding hydrogens is 278 g/mol. The van der Waals surface area contributed by atoms with Crippen molar-refractivity contribution in [1.29, 1.82) is 0 Å². The second-order valence-corrected chi connectivity index (χ2v) is 4.65. The number of hydrogen-bond acceptors (Lipinski definition) is 4. The van der Waals surface area contributed by atoms with Crippen LogP contribution in [-0.2, 0) is 0 Å². The highest BCUT2D eigenvalue weighted by Crippen LogP contribution is 2.14. The van der Waals surface area contributed by atoms with Crippen LogP contribution in [0.1, 0.15) is 24.3 Å². The molecule has 0 fully saturated rings. The zero-order valence-electron chi connectivity index (χ0n) is 11.5. The van der Waals surface area contributed by atoms with E-state index >= 15 is 0 Å². The van der Waals surface area contributed by atoms with Crippen LogP contribution in [0.5, 0.6) is 0 Å². The molecule has 1 amide bonds. The van der Waals surface area contributed by atoms with Gasteiger partial charge >= 0.3 is 0 Å². The lowest BCUT2D eigenvalue weighted by Gasteiger charge is -2.09. The van der Waals surface area contributed by atoms with Crippen LogP contribution in [0.3, 0.4) is 0 Å². The first-order valence-corrected chi connectivity index (χ1v) is 6.31. The minimum atomic E-state index is -1.03. The zero-order valence-corrected chi connectivity index (χ0v) is 11.5. The highest BCUT2D eigenvalue weighted by molar-refractivity contribution is 6.02. The number of hydrogen-bond donors (Lipinski definition) is 2. The molecule has 21 heavy (non-hydrogen) atoms. The Hall–Kier alpha value is -2.57. The van der Waals surface area contributed by atoms with Crippen LogP contribution < -0.4 is 10.6 Å². The van der Waals surface area contributed by atoms with Crippen LogP contribution in [0.4, 0.5) is 20.4 Å². The van der Waals surface area contributed by atoms with Crippen LogP contribution in [0.2, 0.25) is 0 Å². The lowest BCUT2D eigenvalue weighted by atomic mass is 10.3. The standard InChI is InChI=1S/C14H14F2N4O/c1-8(2)18-14-17-6-5-12(20-14)13(21)19-9-3-4-10(15)11(16)7-9/h3-8H,1-2H3,(H,19,21)(H,17,18,20). The molecule has 1 aromatic heterocycles. The van der Waals surface area contributed by atoms with Crippen molar-refractivity contribution in [2.24, 2.45) is 0 Å². The number of anilines is 2. The van der Waals surface area contributed by atoms with Crippen molar-refractivity contribution in [1.82, 2.24) is 9.97 Å². The molecule has 110 valence electrons. The molecule has 0 saturated heterocycles. The molecule has 7 heteroatoms. The number of aromatic nitrogens is 2. The summed E-state index contributed by atoms with van der Waals surface area (Å²) in [6.45, 7) is 3.83. The number of carbonyl (C=O) groups is 1. The van der Waals surface area contributed by atoms with Gasteiger partial charge in [0.15, 0.2) is 11.6 Å².